The van der Waals surface area contributed by atoms with Gasteiger partial charge in [-0.05, 0) is 31.5 Å². The van der Waals surface area contributed by atoms with Crippen molar-refractivity contribution in [2.24, 2.45) is 0 Å². The van der Waals surface area contributed by atoms with Crippen LogP contribution in [0.3, 0.4) is 0 Å². The lowest BCUT2D eigenvalue weighted by atomic mass is 10.1. The first-order chi connectivity index (χ1) is 13.4. The van der Waals surface area contributed by atoms with Crippen LogP contribution in [0.25, 0.3) is 11.3 Å². The minimum atomic E-state index is -0.972. The van der Waals surface area contributed by atoms with Gasteiger partial charge in [0.05, 0.1) is 11.4 Å². The molecule has 1 atom stereocenters. The number of aromatic nitrogens is 2. The summed E-state index contributed by atoms with van der Waals surface area (Å²) in [6.07, 6.45) is 0.243. The Kier molecular flexibility index (Phi) is 5.63. The van der Waals surface area contributed by atoms with E-state index >= 15 is 0 Å². The highest BCUT2D eigenvalue weighted by atomic mass is 19.1. The molecule has 7 heteroatoms. The summed E-state index contributed by atoms with van der Waals surface area (Å²) in [6.45, 7) is 3.67. The van der Waals surface area contributed by atoms with Crippen LogP contribution >= 0.6 is 0 Å². The average molecular weight is 383 g/mol. The molecule has 3 aromatic rings. The average Bonchev–Trinajstić information content (AvgIpc) is 2.67. The molecule has 1 heterocycles. The quantitative estimate of drug-likeness (QED) is 0.722. The molecule has 0 aliphatic rings. The van der Waals surface area contributed by atoms with Crippen LogP contribution < -0.4 is 10.9 Å². The van der Waals surface area contributed by atoms with E-state index < -0.39 is 29.1 Å². The molecule has 2 aromatic carbocycles. The van der Waals surface area contributed by atoms with Gasteiger partial charge in [-0.2, -0.15) is 5.10 Å². The van der Waals surface area contributed by atoms with E-state index in [-0.39, 0.29) is 12.1 Å². The largest absolute Gasteiger partial charge is 0.322 e. The lowest BCUT2D eigenvalue weighted by Gasteiger charge is -2.18. The van der Waals surface area contributed by atoms with Crippen LogP contribution in [0.1, 0.15) is 24.9 Å². The molecule has 144 valence electrons. The third kappa shape index (κ3) is 4.14. The zero-order valence-corrected chi connectivity index (χ0v) is 15.4. The lowest BCUT2D eigenvalue weighted by Crippen LogP contribution is -2.34. The Morgan fingerprint density at radius 2 is 1.82 bits per heavy atom. The molecule has 0 unspecified atom stereocenters. The zero-order chi connectivity index (χ0) is 20.3. The molecule has 1 amide bonds. The molecule has 5 nitrogen and oxygen atoms in total. The van der Waals surface area contributed by atoms with Gasteiger partial charge in [0.2, 0.25) is 5.91 Å². The third-order valence-corrected chi connectivity index (χ3v) is 4.34. The molecule has 0 aliphatic carbocycles. The Labute approximate surface area is 160 Å². The topological polar surface area (TPSA) is 64.0 Å². The van der Waals surface area contributed by atoms with Gasteiger partial charge in [-0.25, -0.2) is 13.5 Å². The van der Waals surface area contributed by atoms with Crippen LogP contribution in [-0.4, -0.2) is 15.7 Å². The van der Waals surface area contributed by atoms with Gasteiger partial charge in [0, 0.05) is 17.7 Å². The number of benzene rings is 2. The number of nitrogens with zero attached hydrogens (tertiary/aromatic N) is 2. The molecule has 0 saturated heterocycles. The molecule has 28 heavy (non-hydrogen) atoms. The maximum absolute atomic E-state index is 13.8. The number of nitrogens with one attached hydrogen (secondary N) is 1. The maximum atomic E-state index is 13.8. The number of amides is 1. The fourth-order valence-corrected chi connectivity index (χ4v) is 2.81. The predicted octanol–water partition coefficient (Wildman–Crippen LogP) is 4.09. The van der Waals surface area contributed by atoms with Crippen molar-refractivity contribution in [1.82, 2.24) is 9.78 Å². The summed E-state index contributed by atoms with van der Waals surface area (Å²) in [5.41, 5.74) is 1.66. The van der Waals surface area contributed by atoms with E-state index in [9.17, 15) is 18.4 Å². The van der Waals surface area contributed by atoms with E-state index in [4.69, 9.17) is 0 Å². The smallest absolute Gasteiger partial charge is 0.267 e. The Hall–Kier alpha value is -3.35. The van der Waals surface area contributed by atoms with Crippen molar-refractivity contribution in [3.8, 4) is 11.3 Å². The van der Waals surface area contributed by atoms with E-state index in [0.717, 1.165) is 34.0 Å². The van der Waals surface area contributed by atoms with E-state index in [1.54, 1.807) is 13.0 Å². The number of hydrogen-bond acceptors (Lipinski definition) is 3. The standard InChI is InChI=1S/C21H19F2N3O2/c1-3-19(21(28)24-18-12-15(22)8-9-16(18)23)26-20(27)11-10-17(25-26)14-6-4-13(2)5-7-14/h4-12,19H,3H2,1-2H3,(H,24,28)/t19-/m1/s1. The lowest BCUT2D eigenvalue weighted by molar-refractivity contribution is -0.119. The second-order valence-electron chi connectivity index (χ2n) is 6.40. The van der Waals surface area contributed by atoms with Gasteiger partial charge in [-0.15, -0.1) is 0 Å². The Bertz CT molecular complexity index is 1060. The van der Waals surface area contributed by atoms with Crippen molar-refractivity contribution in [2.45, 2.75) is 26.3 Å². The van der Waals surface area contributed by atoms with Crippen molar-refractivity contribution in [2.75, 3.05) is 5.32 Å². The molecule has 0 bridgehead atoms. The van der Waals surface area contributed by atoms with Gasteiger partial charge >= 0.3 is 0 Å². The van der Waals surface area contributed by atoms with Crippen LogP contribution in [0.5, 0.6) is 0 Å². The zero-order valence-electron chi connectivity index (χ0n) is 15.4. The molecular weight excluding hydrogens is 364 g/mol. The molecule has 0 radical (unpaired) electrons. The summed E-state index contributed by atoms with van der Waals surface area (Å²) in [7, 11) is 0. The Balaban J connectivity index is 1.94. The number of anilines is 1. The molecule has 1 aromatic heterocycles. The number of rotatable bonds is 5. The second kappa shape index (κ2) is 8.12. The van der Waals surface area contributed by atoms with E-state index in [0.29, 0.717) is 5.69 Å². The fourth-order valence-electron chi connectivity index (χ4n) is 2.81. The van der Waals surface area contributed by atoms with Crippen molar-refractivity contribution >= 4 is 11.6 Å². The normalized spacial score (nSPS) is 11.9. The molecular formula is C21H19F2N3O2. The summed E-state index contributed by atoms with van der Waals surface area (Å²) in [6, 6.07) is 12.3. The monoisotopic (exact) mass is 383 g/mol. The molecule has 1 N–H and O–H groups in total. The van der Waals surface area contributed by atoms with Crippen molar-refractivity contribution in [3.05, 3.63) is 82.1 Å². The van der Waals surface area contributed by atoms with E-state index in [1.165, 1.54) is 6.07 Å². The highest BCUT2D eigenvalue weighted by molar-refractivity contribution is 5.93. The molecule has 0 spiro atoms. The predicted molar refractivity (Wildman–Crippen MR) is 103 cm³/mol. The van der Waals surface area contributed by atoms with Gasteiger partial charge in [0.25, 0.3) is 5.56 Å². The second-order valence-corrected chi connectivity index (χ2v) is 6.40. The van der Waals surface area contributed by atoms with Crippen LogP contribution in [0.15, 0.2) is 59.4 Å². The number of halogens is 2. The number of aryl methyl sites for hydroxylation is 1. The van der Waals surface area contributed by atoms with Gasteiger partial charge < -0.3 is 5.32 Å². The minimum Gasteiger partial charge on any atom is -0.322 e. The van der Waals surface area contributed by atoms with Crippen molar-refractivity contribution in [3.63, 3.8) is 0 Å². The SMILES string of the molecule is CC[C@H](C(=O)Nc1cc(F)ccc1F)n1nc(-c2ccc(C)cc2)ccc1=O. The van der Waals surface area contributed by atoms with Gasteiger partial charge in [0.15, 0.2) is 0 Å². The number of carbonyl (C=O) groups is 1. The fraction of sp³-hybridized carbons (Fsp3) is 0.190. The Morgan fingerprint density at radius 1 is 1.11 bits per heavy atom. The van der Waals surface area contributed by atoms with Gasteiger partial charge in [0.1, 0.15) is 17.7 Å². The first-order valence-corrected chi connectivity index (χ1v) is 8.82. The maximum Gasteiger partial charge on any atom is 0.267 e. The van der Waals surface area contributed by atoms with Crippen LogP contribution in [0, 0.1) is 18.6 Å². The van der Waals surface area contributed by atoms with Crippen LogP contribution in [0.2, 0.25) is 0 Å². The van der Waals surface area contributed by atoms with E-state index in [1.807, 2.05) is 31.2 Å². The molecule has 0 aliphatic heterocycles. The van der Waals surface area contributed by atoms with Crippen LogP contribution in [0.4, 0.5) is 14.5 Å². The summed E-state index contributed by atoms with van der Waals surface area (Å²) in [5.74, 6) is -2.10. The summed E-state index contributed by atoms with van der Waals surface area (Å²) >= 11 is 0. The number of hydrogen-bond donors (Lipinski definition) is 1. The van der Waals surface area contributed by atoms with Gasteiger partial charge in [-0.3, -0.25) is 9.59 Å². The van der Waals surface area contributed by atoms with Gasteiger partial charge in [-0.1, -0.05) is 36.8 Å². The van der Waals surface area contributed by atoms with Crippen molar-refractivity contribution < 1.29 is 13.6 Å². The van der Waals surface area contributed by atoms with Crippen LogP contribution in [-0.2, 0) is 4.79 Å². The first kappa shape index (κ1) is 19.4. The minimum absolute atomic E-state index is 0.243. The number of carbonyl (C=O) groups excluding carboxylic acids is 1. The summed E-state index contributed by atoms with van der Waals surface area (Å²) in [4.78, 5) is 25.0. The van der Waals surface area contributed by atoms with E-state index in [2.05, 4.69) is 10.4 Å². The summed E-state index contributed by atoms with van der Waals surface area (Å²) < 4.78 is 28.3. The Morgan fingerprint density at radius 3 is 2.50 bits per heavy atom. The molecule has 0 fully saturated rings. The molecule has 3 rings (SSSR count). The first-order valence-electron chi connectivity index (χ1n) is 8.82. The highest BCUT2D eigenvalue weighted by Gasteiger charge is 2.22. The highest BCUT2D eigenvalue weighted by Crippen LogP contribution is 2.20. The third-order valence-electron chi connectivity index (χ3n) is 4.34. The molecule has 0 saturated carbocycles. The summed E-state index contributed by atoms with van der Waals surface area (Å²) in [5, 5.41) is 6.66. The van der Waals surface area contributed by atoms with Crippen molar-refractivity contribution in [1.29, 1.82) is 0 Å².